The molecule has 0 aromatic heterocycles. The Bertz CT molecular complexity index is 686. The van der Waals surface area contributed by atoms with Crippen LogP contribution in [0.3, 0.4) is 0 Å². The van der Waals surface area contributed by atoms with E-state index in [-0.39, 0.29) is 15.8 Å². The lowest BCUT2D eigenvalue weighted by atomic mass is 10.1. The third-order valence-electron chi connectivity index (χ3n) is 2.54. The van der Waals surface area contributed by atoms with Gasteiger partial charge in [-0.1, -0.05) is 15.9 Å². The zero-order chi connectivity index (χ0) is 14.2. The summed E-state index contributed by atoms with van der Waals surface area (Å²) in [5, 5.41) is 4.10. The van der Waals surface area contributed by atoms with Crippen molar-refractivity contribution >= 4 is 64.7 Å². The average molecular weight is 427 g/mol. The van der Waals surface area contributed by atoms with Gasteiger partial charge in [0.2, 0.25) is 0 Å². The van der Waals surface area contributed by atoms with Gasteiger partial charge in [-0.05, 0) is 40.3 Å². The van der Waals surface area contributed by atoms with Crippen molar-refractivity contribution in [3.8, 4) is 0 Å². The predicted molar refractivity (Wildman–Crippen MR) is 85.0 cm³/mol. The molecule has 2 rings (SSSR count). The summed E-state index contributed by atoms with van der Waals surface area (Å²) in [4.78, 5) is 0.255. The monoisotopic (exact) mass is 425 g/mol. The molecule has 1 aromatic rings. The molecule has 0 fully saturated rings. The van der Waals surface area contributed by atoms with Crippen LogP contribution in [0.4, 0.5) is 0 Å². The zero-order valence-corrected chi connectivity index (χ0v) is 14.3. The SMILES string of the molecule is NC(=S)N/N=C1\CCS(=O)(=O)c2c(Br)cc(Br)cc21. The first-order valence-corrected chi connectivity index (χ1v) is 8.80. The van der Waals surface area contributed by atoms with E-state index in [2.05, 4.69) is 54.6 Å². The lowest BCUT2D eigenvalue weighted by molar-refractivity contribution is 0.594. The fourth-order valence-electron chi connectivity index (χ4n) is 1.80. The van der Waals surface area contributed by atoms with Crippen LogP contribution in [0.1, 0.15) is 12.0 Å². The Balaban J connectivity index is 2.64. The van der Waals surface area contributed by atoms with Crippen LogP contribution in [-0.2, 0) is 9.84 Å². The summed E-state index contributed by atoms with van der Waals surface area (Å²) in [6.45, 7) is 0. The Hall–Kier alpha value is -0.510. The largest absolute Gasteiger partial charge is 0.375 e. The minimum Gasteiger partial charge on any atom is -0.375 e. The molecule has 102 valence electrons. The summed E-state index contributed by atoms with van der Waals surface area (Å²) in [6.07, 6.45) is 0.313. The molecule has 1 heterocycles. The van der Waals surface area contributed by atoms with Crippen LogP contribution in [0.15, 0.2) is 31.1 Å². The molecule has 0 saturated heterocycles. The third kappa shape index (κ3) is 3.15. The van der Waals surface area contributed by atoms with E-state index in [1.54, 1.807) is 12.1 Å². The molecule has 0 spiro atoms. The lowest BCUT2D eigenvalue weighted by Gasteiger charge is -2.20. The Morgan fingerprint density at radius 1 is 1.42 bits per heavy atom. The highest BCUT2D eigenvalue weighted by Gasteiger charge is 2.30. The van der Waals surface area contributed by atoms with Crippen molar-refractivity contribution < 1.29 is 8.42 Å². The average Bonchev–Trinajstić information content (AvgIpc) is 2.25. The molecular weight excluding hydrogens is 418 g/mol. The molecule has 1 aliphatic rings. The van der Waals surface area contributed by atoms with Crippen molar-refractivity contribution in [2.24, 2.45) is 10.8 Å². The minimum absolute atomic E-state index is 0.0120. The highest BCUT2D eigenvalue weighted by molar-refractivity contribution is 9.11. The number of rotatable bonds is 1. The van der Waals surface area contributed by atoms with Crippen LogP contribution >= 0.6 is 44.1 Å². The second-order valence-corrected chi connectivity index (χ2v) is 8.12. The number of benzene rings is 1. The summed E-state index contributed by atoms with van der Waals surface area (Å²) in [7, 11) is -3.30. The van der Waals surface area contributed by atoms with Gasteiger partial charge in [-0.3, -0.25) is 5.43 Å². The van der Waals surface area contributed by atoms with Gasteiger partial charge in [-0.25, -0.2) is 8.42 Å². The molecule has 0 bridgehead atoms. The van der Waals surface area contributed by atoms with Crippen molar-refractivity contribution in [3.63, 3.8) is 0 Å². The molecule has 1 aliphatic heterocycles. The standard InChI is InChI=1S/C10H9Br2N3O2S2/c11-5-3-6-8(14-15-10(13)18)1-2-19(16,17)9(6)7(12)4-5/h3-4H,1-2H2,(H3,13,15,18)/b14-8+. The molecule has 0 saturated carbocycles. The molecule has 1 aromatic carbocycles. The number of halogens is 2. The zero-order valence-electron chi connectivity index (χ0n) is 9.48. The summed E-state index contributed by atoms with van der Waals surface area (Å²) >= 11 is 11.3. The van der Waals surface area contributed by atoms with Crippen LogP contribution in [-0.4, -0.2) is 25.0 Å². The maximum atomic E-state index is 12.1. The van der Waals surface area contributed by atoms with Gasteiger partial charge in [0, 0.05) is 20.9 Å². The number of thiocarbonyl (C=S) groups is 1. The summed E-state index contributed by atoms with van der Waals surface area (Å²) in [5.74, 6) is 0.0120. The first-order chi connectivity index (χ1) is 8.81. The quantitative estimate of drug-likeness (QED) is 0.529. The molecule has 5 nitrogen and oxygen atoms in total. The topological polar surface area (TPSA) is 84.5 Å². The Labute approximate surface area is 132 Å². The number of fused-ring (bicyclic) bond motifs is 1. The van der Waals surface area contributed by atoms with E-state index < -0.39 is 9.84 Å². The van der Waals surface area contributed by atoms with Crippen LogP contribution in [0.5, 0.6) is 0 Å². The fourth-order valence-corrected chi connectivity index (χ4v) is 5.34. The maximum absolute atomic E-state index is 12.1. The van der Waals surface area contributed by atoms with Crippen LogP contribution in [0.2, 0.25) is 0 Å². The van der Waals surface area contributed by atoms with Crippen molar-refractivity contribution in [1.29, 1.82) is 0 Å². The first kappa shape index (κ1) is 14.9. The predicted octanol–water partition coefficient (Wildman–Crippen LogP) is 1.93. The number of sulfone groups is 1. The number of hydrogen-bond acceptors (Lipinski definition) is 4. The third-order valence-corrected chi connectivity index (χ3v) is 5.78. The van der Waals surface area contributed by atoms with Crippen LogP contribution < -0.4 is 11.2 Å². The van der Waals surface area contributed by atoms with Crippen LogP contribution in [0, 0.1) is 0 Å². The normalized spacial score (nSPS) is 18.9. The molecule has 9 heteroatoms. The van der Waals surface area contributed by atoms with E-state index in [0.717, 1.165) is 4.47 Å². The molecule has 3 N–H and O–H groups in total. The Kier molecular flexibility index (Phi) is 4.29. The summed E-state index contributed by atoms with van der Waals surface area (Å²) in [6, 6.07) is 3.41. The van der Waals surface area contributed by atoms with Gasteiger partial charge in [0.25, 0.3) is 0 Å². The van der Waals surface area contributed by atoms with E-state index in [1.165, 1.54) is 0 Å². The molecule has 0 amide bonds. The van der Waals surface area contributed by atoms with E-state index in [9.17, 15) is 8.42 Å². The number of nitrogens with one attached hydrogen (secondary N) is 1. The number of nitrogens with zero attached hydrogens (tertiary/aromatic N) is 1. The number of hydrazone groups is 1. The summed E-state index contributed by atoms with van der Waals surface area (Å²) < 4.78 is 25.5. The smallest absolute Gasteiger partial charge is 0.184 e. The second kappa shape index (κ2) is 5.47. The van der Waals surface area contributed by atoms with Crippen molar-refractivity contribution in [2.75, 3.05) is 5.75 Å². The van der Waals surface area contributed by atoms with Gasteiger partial charge in [-0.15, -0.1) is 0 Å². The molecule has 0 unspecified atom stereocenters. The maximum Gasteiger partial charge on any atom is 0.184 e. The summed E-state index contributed by atoms with van der Waals surface area (Å²) in [5.41, 5.74) is 8.98. The van der Waals surface area contributed by atoms with Crippen molar-refractivity contribution in [1.82, 2.24) is 5.43 Å². The number of nitrogens with two attached hydrogens (primary N) is 1. The van der Waals surface area contributed by atoms with E-state index in [1.807, 2.05) is 0 Å². The van der Waals surface area contributed by atoms with E-state index in [4.69, 9.17) is 5.73 Å². The highest BCUT2D eigenvalue weighted by Crippen LogP contribution is 2.34. The number of hydrogen-bond donors (Lipinski definition) is 2. The second-order valence-electron chi connectivity index (χ2n) is 3.87. The Morgan fingerprint density at radius 2 is 2.11 bits per heavy atom. The van der Waals surface area contributed by atoms with Gasteiger partial charge < -0.3 is 5.73 Å². The van der Waals surface area contributed by atoms with Gasteiger partial charge in [0.1, 0.15) is 0 Å². The fraction of sp³-hybridized carbons (Fsp3) is 0.200. The molecule has 0 radical (unpaired) electrons. The van der Waals surface area contributed by atoms with E-state index in [0.29, 0.717) is 22.2 Å². The molecule has 0 atom stereocenters. The van der Waals surface area contributed by atoms with Crippen LogP contribution in [0.25, 0.3) is 0 Å². The highest BCUT2D eigenvalue weighted by atomic mass is 79.9. The lowest BCUT2D eigenvalue weighted by Crippen LogP contribution is -2.29. The van der Waals surface area contributed by atoms with Crippen molar-refractivity contribution in [2.45, 2.75) is 11.3 Å². The van der Waals surface area contributed by atoms with E-state index >= 15 is 0 Å². The first-order valence-electron chi connectivity index (χ1n) is 5.15. The van der Waals surface area contributed by atoms with Crippen molar-refractivity contribution in [3.05, 3.63) is 26.6 Å². The van der Waals surface area contributed by atoms with Gasteiger partial charge in [0.15, 0.2) is 14.9 Å². The minimum atomic E-state index is -3.30. The Morgan fingerprint density at radius 3 is 2.74 bits per heavy atom. The molecule has 19 heavy (non-hydrogen) atoms. The molecule has 0 aliphatic carbocycles. The van der Waals surface area contributed by atoms with Gasteiger partial charge >= 0.3 is 0 Å². The van der Waals surface area contributed by atoms with Gasteiger partial charge in [0.05, 0.1) is 16.4 Å². The molecular formula is C10H9Br2N3O2S2. The van der Waals surface area contributed by atoms with Gasteiger partial charge in [-0.2, -0.15) is 5.10 Å².